The molecule has 7 nitrogen and oxygen atoms in total. The number of hydrogen-bond donors (Lipinski definition) is 0. The van der Waals surface area contributed by atoms with E-state index >= 15 is 0 Å². The summed E-state index contributed by atoms with van der Waals surface area (Å²) in [5.74, 6) is -0.576. The van der Waals surface area contributed by atoms with Crippen molar-refractivity contribution in [2.75, 3.05) is 25.2 Å². The Bertz CT molecular complexity index is 899. The van der Waals surface area contributed by atoms with Crippen molar-refractivity contribution in [3.05, 3.63) is 49.9 Å². The maximum absolute atomic E-state index is 12.7. The van der Waals surface area contributed by atoms with E-state index in [1.54, 1.807) is 51.0 Å². The van der Waals surface area contributed by atoms with E-state index in [0.717, 1.165) is 5.56 Å². The first-order valence-electron chi connectivity index (χ1n) is 8.36. The van der Waals surface area contributed by atoms with Crippen LogP contribution in [0.5, 0.6) is 5.75 Å². The third-order valence-electron chi connectivity index (χ3n) is 3.74. The Hall–Kier alpha value is -2.25. The van der Waals surface area contributed by atoms with Gasteiger partial charge in [0.15, 0.2) is 5.69 Å². The number of carbonyl (C=O) groups excluding carboxylic acids is 1. The Morgan fingerprint density at radius 1 is 1.26 bits per heavy atom. The summed E-state index contributed by atoms with van der Waals surface area (Å²) >= 11 is 12.3. The second kappa shape index (κ2) is 9.10. The lowest BCUT2D eigenvalue weighted by Crippen LogP contribution is -2.32. The topological polar surface area (TPSA) is 73.7 Å². The highest BCUT2D eigenvalue weighted by molar-refractivity contribution is 6.33. The Morgan fingerprint density at radius 2 is 1.96 bits per heavy atom. The second-order valence-corrected chi connectivity index (χ2v) is 6.54. The van der Waals surface area contributed by atoms with Crippen LogP contribution in [0.4, 0.5) is 5.95 Å². The van der Waals surface area contributed by atoms with Gasteiger partial charge in [0.2, 0.25) is 11.7 Å². The molecule has 2 aromatic rings. The highest BCUT2D eigenvalue weighted by Gasteiger charge is 2.24. The fraction of sp³-hybridized carbons (Fsp3) is 0.389. The predicted octanol–water partition coefficient (Wildman–Crippen LogP) is 3.30. The number of benzene rings is 1. The van der Waals surface area contributed by atoms with Crippen molar-refractivity contribution in [2.45, 2.75) is 20.4 Å². The predicted molar refractivity (Wildman–Crippen MR) is 105 cm³/mol. The van der Waals surface area contributed by atoms with Gasteiger partial charge < -0.3 is 14.4 Å². The zero-order valence-corrected chi connectivity index (χ0v) is 17.1. The van der Waals surface area contributed by atoms with Crippen LogP contribution in [0.1, 0.15) is 29.9 Å². The van der Waals surface area contributed by atoms with Crippen LogP contribution in [0, 0.1) is 0 Å². The first-order chi connectivity index (χ1) is 12.8. The van der Waals surface area contributed by atoms with Gasteiger partial charge in [-0.2, -0.15) is 0 Å². The van der Waals surface area contributed by atoms with Crippen LogP contribution in [-0.2, 0) is 18.3 Å². The molecule has 0 atom stereocenters. The molecule has 146 valence electrons. The molecule has 1 aromatic carbocycles. The van der Waals surface area contributed by atoms with Gasteiger partial charge in [0.05, 0.1) is 13.2 Å². The number of halogens is 2. The van der Waals surface area contributed by atoms with Gasteiger partial charge in [-0.3, -0.25) is 9.36 Å². The third-order valence-corrected chi connectivity index (χ3v) is 4.34. The normalized spacial score (nSPS) is 10.6. The molecule has 9 heteroatoms. The Kier molecular flexibility index (Phi) is 7.10. The quantitative estimate of drug-likeness (QED) is 0.648. The lowest BCUT2D eigenvalue weighted by atomic mass is 10.2. The van der Waals surface area contributed by atoms with Crippen molar-refractivity contribution in [1.82, 2.24) is 9.55 Å². The first-order valence-corrected chi connectivity index (χ1v) is 9.11. The summed E-state index contributed by atoms with van der Waals surface area (Å²) < 4.78 is 11.7. The SMILES string of the molecule is CCOC(=O)c1nc(N(C)Cc2cc(Cl)ccc2Cl)n(C)c(=O)c1OCC. The van der Waals surface area contributed by atoms with Crippen LogP contribution in [0.15, 0.2) is 23.0 Å². The third kappa shape index (κ3) is 4.73. The summed E-state index contributed by atoms with van der Waals surface area (Å²) in [5, 5.41) is 1.08. The van der Waals surface area contributed by atoms with Crippen molar-refractivity contribution >= 4 is 35.1 Å². The summed E-state index contributed by atoms with van der Waals surface area (Å²) in [6, 6.07) is 5.12. The van der Waals surface area contributed by atoms with Gasteiger partial charge in [0.25, 0.3) is 5.56 Å². The van der Waals surface area contributed by atoms with Crippen molar-refractivity contribution in [3.8, 4) is 5.75 Å². The number of anilines is 1. The van der Waals surface area contributed by atoms with Crippen molar-refractivity contribution in [3.63, 3.8) is 0 Å². The highest BCUT2D eigenvalue weighted by Crippen LogP contribution is 2.24. The molecular formula is C18H21Cl2N3O4. The molecule has 0 radical (unpaired) electrons. The van der Waals surface area contributed by atoms with E-state index < -0.39 is 11.5 Å². The van der Waals surface area contributed by atoms with Gasteiger partial charge in [-0.1, -0.05) is 23.2 Å². The molecule has 0 bridgehead atoms. The van der Waals surface area contributed by atoms with Crippen LogP contribution < -0.4 is 15.2 Å². The number of esters is 1. The number of carbonyl (C=O) groups is 1. The number of aromatic nitrogens is 2. The van der Waals surface area contributed by atoms with Crippen LogP contribution in [0.25, 0.3) is 0 Å². The van der Waals surface area contributed by atoms with Gasteiger partial charge in [-0.05, 0) is 37.6 Å². The summed E-state index contributed by atoms with van der Waals surface area (Å²) in [6.45, 7) is 4.10. The molecule has 0 saturated heterocycles. The highest BCUT2D eigenvalue weighted by atomic mass is 35.5. The molecule has 0 N–H and O–H groups in total. The minimum atomic E-state index is -0.714. The van der Waals surface area contributed by atoms with Gasteiger partial charge in [-0.25, -0.2) is 9.78 Å². The van der Waals surface area contributed by atoms with Gasteiger partial charge in [0.1, 0.15) is 0 Å². The zero-order valence-electron chi connectivity index (χ0n) is 15.6. The van der Waals surface area contributed by atoms with Crippen LogP contribution in [0.2, 0.25) is 10.0 Å². The smallest absolute Gasteiger partial charge is 0.361 e. The van der Waals surface area contributed by atoms with E-state index in [1.807, 2.05) is 0 Å². The minimum Gasteiger partial charge on any atom is -0.486 e. The molecule has 0 fully saturated rings. The minimum absolute atomic E-state index is 0.128. The molecular weight excluding hydrogens is 393 g/mol. The van der Waals surface area contributed by atoms with Crippen LogP contribution >= 0.6 is 23.2 Å². The molecule has 0 aliphatic heterocycles. The van der Waals surface area contributed by atoms with Gasteiger partial charge in [0, 0.05) is 30.7 Å². The van der Waals surface area contributed by atoms with E-state index in [0.29, 0.717) is 16.6 Å². The van der Waals surface area contributed by atoms with Gasteiger partial charge in [-0.15, -0.1) is 0 Å². The van der Waals surface area contributed by atoms with Crippen molar-refractivity contribution in [2.24, 2.45) is 7.05 Å². The molecule has 0 aliphatic carbocycles. The van der Waals surface area contributed by atoms with Crippen molar-refractivity contribution in [1.29, 1.82) is 0 Å². The molecule has 0 saturated carbocycles. The maximum Gasteiger partial charge on any atom is 0.361 e. The molecule has 0 unspecified atom stereocenters. The molecule has 0 spiro atoms. The average molecular weight is 414 g/mol. The number of hydrogen-bond acceptors (Lipinski definition) is 6. The summed E-state index contributed by atoms with van der Waals surface area (Å²) in [6.07, 6.45) is 0. The monoisotopic (exact) mass is 413 g/mol. The zero-order chi connectivity index (χ0) is 20.1. The van der Waals surface area contributed by atoms with E-state index in [4.69, 9.17) is 32.7 Å². The molecule has 27 heavy (non-hydrogen) atoms. The Balaban J connectivity index is 2.50. The first kappa shape index (κ1) is 21.1. The van der Waals surface area contributed by atoms with E-state index in [2.05, 4.69) is 4.98 Å². The number of rotatable bonds is 7. The average Bonchev–Trinajstić information content (AvgIpc) is 2.62. The fourth-order valence-corrected chi connectivity index (χ4v) is 2.89. The summed E-state index contributed by atoms with van der Waals surface area (Å²) in [7, 11) is 3.28. The van der Waals surface area contributed by atoms with E-state index in [-0.39, 0.29) is 30.6 Å². The lowest BCUT2D eigenvalue weighted by molar-refractivity contribution is 0.0513. The summed E-state index contributed by atoms with van der Waals surface area (Å²) in [4.78, 5) is 31.0. The summed E-state index contributed by atoms with van der Waals surface area (Å²) in [5.41, 5.74) is 0.127. The molecule has 0 aliphatic rings. The number of nitrogens with zero attached hydrogens (tertiary/aromatic N) is 3. The fourth-order valence-electron chi connectivity index (χ4n) is 2.51. The molecule has 1 heterocycles. The van der Waals surface area contributed by atoms with E-state index in [9.17, 15) is 9.59 Å². The van der Waals surface area contributed by atoms with Crippen LogP contribution in [-0.4, -0.2) is 35.8 Å². The second-order valence-electron chi connectivity index (χ2n) is 5.70. The Morgan fingerprint density at radius 3 is 2.59 bits per heavy atom. The Labute approximate surface area is 167 Å². The van der Waals surface area contributed by atoms with E-state index in [1.165, 1.54) is 4.57 Å². The largest absolute Gasteiger partial charge is 0.486 e. The van der Waals surface area contributed by atoms with Crippen molar-refractivity contribution < 1.29 is 14.3 Å². The molecule has 0 amide bonds. The van der Waals surface area contributed by atoms with Crippen LogP contribution in [0.3, 0.4) is 0 Å². The number of ether oxygens (including phenoxy) is 2. The molecule has 1 aromatic heterocycles. The lowest BCUT2D eigenvalue weighted by Gasteiger charge is -2.22. The molecule has 2 rings (SSSR count). The van der Waals surface area contributed by atoms with Gasteiger partial charge >= 0.3 is 5.97 Å². The maximum atomic E-state index is 12.7. The standard InChI is InChI=1S/C18H21Cl2N3O4/c1-5-26-15-14(17(25)27-6-2)21-18(23(4)16(15)24)22(3)10-11-9-12(19)7-8-13(11)20/h7-9H,5-6,10H2,1-4H3.